The Kier molecular flexibility index (Phi) is 10.2. The van der Waals surface area contributed by atoms with Crippen LogP contribution in [0.15, 0.2) is 0 Å². The van der Waals surface area contributed by atoms with Crippen molar-refractivity contribution in [2.45, 2.75) is 45.6 Å². The van der Waals surface area contributed by atoms with E-state index >= 15 is 0 Å². The SMILES string of the molecule is CCCCC(CC)COCC(NC)C(=O)OC. The van der Waals surface area contributed by atoms with Crippen LogP contribution in [0.3, 0.4) is 0 Å². The molecule has 0 radical (unpaired) electrons. The highest BCUT2D eigenvalue weighted by molar-refractivity contribution is 5.75. The van der Waals surface area contributed by atoms with Gasteiger partial charge in [0.05, 0.1) is 13.7 Å². The third kappa shape index (κ3) is 7.34. The van der Waals surface area contributed by atoms with Crippen molar-refractivity contribution in [3.05, 3.63) is 0 Å². The van der Waals surface area contributed by atoms with Crippen LogP contribution in [0.1, 0.15) is 39.5 Å². The van der Waals surface area contributed by atoms with Gasteiger partial charge in [-0.05, 0) is 19.4 Å². The first-order valence-corrected chi connectivity index (χ1v) is 6.52. The van der Waals surface area contributed by atoms with Crippen molar-refractivity contribution in [2.24, 2.45) is 5.92 Å². The van der Waals surface area contributed by atoms with Gasteiger partial charge in [0.25, 0.3) is 0 Å². The van der Waals surface area contributed by atoms with Crippen LogP contribution in [0.25, 0.3) is 0 Å². The molecule has 0 fully saturated rings. The molecule has 0 aromatic rings. The molecule has 0 rings (SSSR count). The molecule has 0 amide bonds. The van der Waals surface area contributed by atoms with Crippen LogP contribution >= 0.6 is 0 Å². The van der Waals surface area contributed by atoms with Crippen molar-refractivity contribution in [1.29, 1.82) is 0 Å². The highest BCUT2D eigenvalue weighted by Gasteiger charge is 2.17. The molecule has 4 nitrogen and oxygen atoms in total. The van der Waals surface area contributed by atoms with Crippen molar-refractivity contribution < 1.29 is 14.3 Å². The van der Waals surface area contributed by atoms with E-state index < -0.39 is 0 Å². The number of esters is 1. The fraction of sp³-hybridized carbons (Fsp3) is 0.923. The summed E-state index contributed by atoms with van der Waals surface area (Å²) in [5.74, 6) is 0.333. The molecule has 102 valence electrons. The van der Waals surface area contributed by atoms with E-state index in [2.05, 4.69) is 23.9 Å². The van der Waals surface area contributed by atoms with Crippen molar-refractivity contribution in [1.82, 2.24) is 5.32 Å². The third-order valence-corrected chi connectivity index (χ3v) is 3.02. The lowest BCUT2D eigenvalue weighted by Gasteiger charge is -2.18. The van der Waals surface area contributed by atoms with Gasteiger partial charge in [-0.1, -0.05) is 33.1 Å². The van der Waals surface area contributed by atoms with Gasteiger partial charge >= 0.3 is 5.97 Å². The van der Waals surface area contributed by atoms with Gasteiger partial charge in [-0.3, -0.25) is 4.79 Å². The van der Waals surface area contributed by atoms with Gasteiger partial charge < -0.3 is 14.8 Å². The summed E-state index contributed by atoms with van der Waals surface area (Å²) in [7, 11) is 3.13. The molecule has 2 unspecified atom stereocenters. The standard InChI is InChI=1S/C13H27NO3/c1-5-7-8-11(6-2)9-17-10-12(14-3)13(15)16-4/h11-12,14H,5-10H2,1-4H3. The zero-order valence-corrected chi connectivity index (χ0v) is 11.6. The number of rotatable bonds is 10. The first-order chi connectivity index (χ1) is 8.19. The predicted octanol–water partition coefficient (Wildman–Crippen LogP) is 1.98. The molecule has 0 aliphatic rings. The summed E-state index contributed by atoms with van der Waals surface area (Å²) in [6.07, 6.45) is 4.80. The molecular weight excluding hydrogens is 218 g/mol. The van der Waals surface area contributed by atoms with E-state index in [9.17, 15) is 4.79 Å². The number of unbranched alkanes of at least 4 members (excludes halogenated alkanes) is 1. The Morgan fingerprint density at radius 2 is 2.00 bits per heavy atom. The minimum atomic E-state index is -0.358. The number of methoxy groups -OCH3 is 1. The quantitative estimate of drug-likeness (QED) is 0.598. The van der Waals surface area contributed by atoms with E-state index in [0.717, 1.165) is 13.0 Å². The largest absolute Gasteiger partial charge is 0.468 e. The van der Waals surface area contributed by atoms with Gasteiger partial charge in [-0.15, -0.1) is 0 Å². The topological polar surface area (TPSA) is 47.6 Å². The Hall–Kier alpha value is -0.610. The minimum absolute atomic E-state index is 0.269. The summed E-state index contributed by atoms with van der Waals surface area (Å²) in [4.78, 5) is 11.3. The molecule has 1 N–H and O–H groups in total. The second kappa shape index (κ2) is 10.5. The number of ether oxygens (including phenoxy) is 2. The van der Waals surface area contributed by atoms with Crippen LogP contribution in [0.4, 0.5) is 0 Å². The first kappa shape index (κ1) is 16.4. The fourth-order valence-electron chi connectivity index (χ4n) is 1.66. The van der Waals surface area contributed by atoms with Crippen molar-refractivity contribution in [3.63, 3.8) is 0 Å². The maximum absolute atomic E-state index is 11.3. The summed E-state index contributed by atoms with van der Waals surface area (Å²) in [6.45, 7) is 5.49. The average Bonchev–Trinajstić information content (AvgIpc) is 2.37. The number of likely N-dealkylation sites (N-methyl/N-ethyl adjacent to an activating group) is 1. The number of hydrogen-bond acceptors (Lipinski definition) is 4. The van der Waals surface area contributed by atoms with Crippen molar-refractivity contribution in [2.75, 3.05) is 27.4 Å². The van der Waals surface area contributed by atoms with E-state index in [1.54, 1.807) is 7.05 Å². The fourth-order valence-corrected chi connectivity index (χ4v) is 1.66. The summed E-state index contributed by atoms with van der Waals surface area (Å²) < 4.78 is 10.3. The van der Waals surface area contributed by atoms with E-state index in [1.165, 1.54) is 26.4 Å². The van der Waals surface area contributed by atoms with Crippen LogP contribution in [0.5, 0.6) is 0 Å². The molecule has 0 spiro atoms. The van der Waals surface area contributed by atoms with E-state index in [-0.39, 0.29) is 12.0 Å². The van der Waals surface area contributed by atoms with E-state index in [1.807, 2.05) is 0 Å². The molecule has 0 aromatic heterocycles. The Labute approximate surface area is 105 Å². The van der Waals surface area contributed by atoms with Crippen LogP contribution in [0, 0.1) is 5.92 Å². The van der Waals surface area contributed by atoms with Crippen LogP contribution in [-0.2, 0) is 14.3 Å². The number of hydrogen-bond donors (Lipinski definition) is 1. The number of carbonyl (C=O) groups is 1. The van der Waals surface area contributed by atoms with E-state index in [0.29, 0.717) is 12.5 Å². The maximum Gasteiger partial charge on any atom is 0.325 e. The molecule has 0 heterocycles. The molecule has 0 aliphatic heterocycles. The van der Waals surface area contributed by atoms with E-state index in [4.69, 9.17) is 4.74 Å². The summed E-state index contributed by atoms with van der Waals surface area (Å²) >= 11 is 0. The lowest BCUT2D eigenvalue weighted by Crippen LogP contribution is -2.39. The van der Waals surface area contributed by atoms with Crippen LogP contribution in [-0.4, -0.2) is 39.4 Å². The zero-order valence-electron chi connectivity index (χ0n) is 11.6. The first-order valence-electron chi connectivity index (χ1n) is 6.52. The maximum atomic E-state index is 11.3. The van der Waals surface area contributed by atoms with Gasteiger partial charge in [0.1, 0.15) is 6.04 Å². The Balaban J connectivity index is 3.81. The second-order valence-electron chi connectivity index (χ2n) is 4.32. The lowest BCUT2D eigenvalue weighted by molar-refractivity contribution is -0.144. The predicted molar refractivity (Wildman–Crippen MR) is 69.0 cm³/mol. The third-order valence-electron chi connectivity index (χ3n) is 3.02. The Morgan fingerprint density at radius 1 is 1.29 bits per heavy atom. The summed E-state index contributed by atoms with van der Waals surface area (Å²) in [5, 5.41) is 2.89. The van der Waals surface area contributed by atoms with Gasteiger partial charge in [0, 0.05) is 6.61 Å². The molecule has 0 saturated heterocycles. The molecule has 4 heteroatoms. The van der Waals surface area contributed by atoms with Crippen LogP contribution in [0.2, 0.25) is 0 Å². The average molecular weight is 245 g/mol. The number of nitrogens with one attached hydrogen (secondary N) is 1. The molecule has 0 aromatic carbocycles. The van der Waals surface area contributed by atoms with Crippen LogP contribution < -0.4 is 5.32 Å². The van der Waals surface area contributed by atoms with Gasteiger partial charge in [0.2, 0.25) is 0 Å². The van der Waals surface area contributed by atoms with Gasteiger partial charge in [-0.25, -0.2) is 0 Å². The molecule has 0 saturated carbocycles. The van der Waals surface area contributed by atoms with Gasteiger partial charge in [0.15, 0.2) is 0 Å². The smallest absolute Gasteiger partial charge is 0.325 e. The highest BCUT2D eigenvalue weighted by Crippen LogP contribution is 2.12. The molecule has 2 atom stereocenters. The summed E-state index contributed by atoms with van der Waals surface area (Å²) in [5.41, 5.74) is 0. The highest BCUT2D eigenvalue weighted by atomic mass is 16.5. The minimum Gasteiger partial charge on any atom is -0.468 e. The monoisotopic (exact) mass is 245 g/mol. The van der Waals surface area contributed by atoms with Crippen molar-refractivity contribution >= 4 is 5.97 Å². The zero-order chi connectivity index (χ0) is 13.1. The summed E-state index contributed by atoms with van der Waals surface area (Å²) in [6, 6.07) is -0.358. The van der Waals surface area contributed by atoms with Gasteiger partial charge in [-0.2, -0.15) is 0 Å². The van der Waals surface area contributed by atoms with Crippen molar-refractivity contribution in [3.8, 4) is 0 Å². The number of carbonyl (C=O) groups excluding carboxylic acids is 1. The second-order valence-corrected chi connectivity index (χ2v) is 4.32. The lowest BCUT2D eigenvalue weighted by atomic mass is 10.0. The Bertz CT molecular complexity index is 197. The molecule has 0 bridgehead atoms. The molecular formula is C13H27NO3. The molecule has 17 heavy (non-hydrogen) atoms. The molecule has 0 aliphatic carbocycles. The Morgan fingerprint density at radius 3 is 2.47 bits per heavy atom. The normalized spacial score (nSPS) is 14.4.